The standard InChI is InChI=1S/C14H7F5N2/c15-9-5-4-7(6-8(9)14(17,18)19)13-20-11-3-1-2-10(16)12(11)21-13/h1-6H,(H,20,21). The molecule has 0 spiro atoms. The Morgan fingerprint density at radius 2 is 1.71 bits per heavy atom. The lowest BCUT2D eigenvalue weighted by atomic mass is 10.1. The predicted octanol–water partition coefficient (Wildman–Crippen LogP) is 4.53. The monoisotopic (exact) mass is 298 g/mol. The number of fused-ring (bicyclic) bond motifs is 1. The van der Waals surface area contributed by atoms with Crippen molar-refractivity contribution in [1.82, 2.24) is 9.97 Å². The highest BCUT2D eigenvalue weighted by Crippen LogP contribution is 2.34. The van der Waals surface area contributed by atoms with Crippen LogP contribution < -0.4 is 0 Å². The van der Waals surface area contributed by atoms with Crippen LogP contribution in [-0.2, 0) is 6.18 Å². The quantitative estimate of drug-likeness (QED) is 0.657. The third kappa shape index (κ3) is 2.35. The number of alkyl halides is 3. The van der Waals surface area contributed by atoms with Gasteiger partial charge in [-0.15, -0.1) is 0 Å². The molecule has 0 unspecified atom stereocenters. The molecule has 0 aliphatic carbocycles. The third-order valence-corrected chi connectivity index (χ3v) is 3.01. The lowest BCUT2D eigenvalue weighted by Crippen LogP contribution is -2.08. The van der Waals surface area contributed by atoms with Crippen molar-refractivity contribution in [3.05, 3.63) is 53.6 Å². The summed E-state index contributed by atoms with van der Waals surface area (Å²) in [6, 6.07) is 6.69. The summed E-state index contributed by atoms with van der Waals surface area (Å²) in [5.74, 6) is -1.91. The Morgan fingerprint density at radius 1 is 0.952 bits per heavy atom. The number of rotatable bonds is 1. The van der Waals surface area contributed by atoms with E-state index < -0.39 is 23.4 Å². The van der Waals surface area contributed by atoms with E-state index in [0.29, 0.717) is 17.6 Å². The highest BCUT2D eigenvalue weighted by molar-refractivity contribution is 5.79. The summed E-state index contributed by atoms with van der Waals surface area (Å²) in [5, 5.41) is 0. The van der Waals surface area contributed by atoms with E-state index in [4.69, 9.17) is 0 Å². The lowest BCUT2D eigenvalue weighted by Gasteiger charge is -2.08. The van der Waals surface area contributed by atoms with Gasteiger partial charge in [-0.05, 0) is 30.3 Å². The number of aromatic nitrogens is 2. The molecule has 0 amide bonds. The molecule has 0 bridgehead atoms. The van der Waals surface area contributed by atoms with Crippen molar-refractivity contribution in [2.75, 3.05) is 0 Å². The molecule has 2 nitrogen and oxygen atoms in total. The predicted molar refractivity (Wildman–Crippen MR) is 66.4 cm³/mol. The minimum atomic E-state index is -4.81. The maximum absolute atomic E-state index is 13.5. The van der Waals surface area contributed by atoms with Gasteiger partial charge in [0.05, 0.1) is 11.1 Å². The SMILES string of the molecule is Fc1ccc(-c2nc3c(F)cccc3[nH]2)cc1C(F)(F)F. The topological polar surface area (TPSA) is 28.7 Å². The van der Waals surface area contributed by atoms with Gasteiger partial charge >= 0.3 is 6.18 Å². The first kappa shape index (κ1) is 13.5. The molecule has 1 aromatic heterocycles. The van der Waals surface area contributed by atoms with Crippen molar-refractivity contribution in [2.45, 2.75) is 6.18 Å². The third-order valence-electron chi connectivity index (χ3n) is 3.01. The first-order valence-corrected chi connectivity index (χ1v) is 5.87. The van der Waals surface area contributed by atoms with Crippen LogP contribution in [0.25, 0.3) is 22.4 Å². The van der Waals surface area contributed by atoms with E-state index >= 15 is 0 Å². The fourth-order valence-corrected chi connectivity index (χ4v) is 2.02. The van der Waals surface area contributed by atoms with E-state index in [1.165, 1.54) is 12.1 Å². The number of hydrogen-bond acceptors (Lipinski definition) is 1. The molecule has 0 radical (unpaired) electrons. The van der Waals surface area contributed by atoms with Crippen molar-refractivity contribution in [2.24, 2.45) is 0 Å². The van der Waals surface area contributed by atoms with Crippen molar-refractivity contribution >= 4 is 11.0 Å². The molecule has 0 atom stereocenters. The second-order valence-electron chi connectivity index (χ2n) is 4.41. The highest BCUT2D eigenvalue weighted by Gasteiger charge is 2.34. The van der Waals surface area contributed by atoms with Gasteiger partial charge in [0.15, 0.2) is 5.82 Å². The van der Waals surface area contributed by atoms with Crippen molar-refractivity contribution in [1.29, 1.82) is 0 Å². The lowest BCUT2D eigenvalue weighted by molar-refractivity contribution is -0.139. The summed E-state index contributed by atoms with van der Waals surface area (Å²) < 4.78 is 64.8. The van der Waals surface area contributed by atoms with Crippen LogP contribution >= 0.6 is 0 Å². The number of hydrogen-bond donors (Lipinski definition) is 1. The molecular weight excluding hydrogens is 291 g/mol. The number of para-hydroxylation sites is 1. The molecule has 3 aromatic rings. The van der Waals surface area contributed by atoms with E-state index in [1.54, 1.807) is 6.07 Å². The second-order valence-corrected chi connectivity index (χ2v) is 4.41. The number of halogens is 5. The molecule has 3 rings (SSSR count). The molecule has 2 aromatic carbocycles. The minimum Gasteiger partial charge on any atom is -0.338 e. The van der Waals surface area contributed by atoms with Gasteiger partial charge < -0.3 is 4.98 Å². The molecule has 21 heavy (non-hydrogen) atoms. The maximum atomic E-state index is 13.5. The Bertz CT molecular complexity index is 820. The van der Waals surface area contributed by atoms with Crippen molar-refractivity contribution in [3.63, 3.8) is 0 Å². The Hall–Kier alpha value is -2.44. The van der Waals surface area contributed by atoms with Gasteiger partial charge in [-0.1, -0.05) is 6.07 Å². The van der Waals surface area contributed by atoms with Crippen LogP contribution in [0.3, 0.4) is 0 Å². The average Bonchev–Trinajstić information content (AvgIpc) is 2.83. The Labute approximate surface area is 115 Å². The molecule has 0 fully saturated rings. The highest BCUT2D eigenvalue weighted by atomic mass is 19.4. The fourth-order valence-electron chi connectivity index (χ4n) is 2.02. The Balaban J connectivity index is 2.17. The number of aromatic amines is 1. The van der Waals surface area contributed by atoms with Crippen LogP contribution in [-0.4, -0.2) is 9.97 Å². The normalized spacial score (nSPS) is 12.0. The number of H-pyrrole nitrogens is 1. The number of imidazole rings is 1. The summed E-state index contributed by atoms with van der Waals surface area (Å²) >= 11 is 0. The zero-order valence-electron chi connectivity index (χ0n) is 10.3. The van der Waals surface area contributed by atoms with E-state index in [2.05, 4.69) is 9.97 Å². The first-order valence-electron chi connectivity index (χ1n) is 5.87. The first-order chi connectivity index (χ1) is 9.86. The van der Waals surface area contributed by atoms with Gasteiger partial charge in [0, 0.05) is 5.56 Å². The van der Waals surface area contributed by atoms with Crippen molar-refractivity contribution < 1.29 is 22.0 Å². The van der Waals surface area contributed by atoms with Gasteiger partial charge in [-0.3, -0.25) is 0 Å². The van der Waals surface area contributed by atoms with E-state index in [1.807, 2.05) is 0 Å². The molecular formula is C14H7F5N2. The Morgan fingerprint density at radius 3 is 2.38 bits per heavy atom. The van der Waals surface area contributed by atoms with Crippen LogP contribution in [0, 0.1) is 11.6 Å². The largest absolute Gasteiger partial charge is 0.419 e. The molecule has 0 saturated heterocycles. The minimum absolute atomic E-state index is 0.0189. The Kier molecular flexibility index (Phi) is 2.93. The smallest absolute Gasteiger partial charge is 0.338 e. The summed E-state index contributed by atoms with van der Waals surface area (Å²) in [7, 11) is 0. The number of nitrogens with one attached hydrogen (secondary N) is 1. The number of benzene rings is 2. The number of nitrogens with zero attached hydrogens (tertiary/aromatic N) is 1. The maximum Gasteiger partial charge on any atom is 0.419 e. The van der Waals surface area contributed by atoms with E-state index in [-0.39, 0.29) is 16.9 Å². The van der Waals surface area contributed by atoms with Gasteiger partial charge in [0.2, 0.25) is 0 Å². The summed E-state index contributed by atoms with van der Waals surface area (Å²) in [4.78, 5) is 6.62. The zero-order chi connectivity index (χ0) is 15.2. The summed E-state index contributed by atoms with van der Waals surface area (Å²) in [6.07, 6.45) is -4.81. The van der Waals surface area contributed by atoms with Crippen LogP contribution in [0.4, 0.5) is 22.0 Å². The summed E-state index contributed by atoms with van der Waals surface area (Å²) in [5.41, 5.74) is -0.992. The molecule has 0 saturated carbocycles. The van der Waals surface area contributed by atoms with E-state index in [9.17, 15) is 22.0 Å². The second kappa shape index (κ2) is 4.54. The van der Waals surface area contributed by atoms with Crippen LogP contribution in [0.5, 0.6) is 0 Å². The molecule has 0 aliphatic heterocycles. The van der Waals surface area contributed by atoms with E-state index in [0.717, 1.165) is 6.07 Å². The summed E-state index contributed by atoms with van der Waals surface area (Å²) in [6.45, 7) is 0. The molecule has 0 aliphatic rings. The van der Waals surface area contributed by atoms with Gasteiger partial charge in [0.25, 0.3) is 0 Å². The fraction of sp³-hybridized carbons (Fsp3) is 0.0714. The van der Waals surface area contributed by atoms with Gasteiger partial charge in [0.1, 0.15) is 17.2 Å². The van der Waals surface area contributed by atoms with Gasteiger partial charge in [-0.25, -0.2) is 13.8 Å². The van der Waals surface area contributed by atoms with Crippen LogP contribution in [0.15, 0.2) is 36.4 Å². The average molecular weight is 298 g/mol. The van der Waals surface area contributed by atoms with Gasteiger partial charge in [-0.2, -0.15) is 13.2 Å². The van der Waals surface area contributed by atoms with Crippen molar-refractivity contribution in [3.8, 4) is 11.4 Å². The molecule has 1 heterocycles. The van der Waals surface area contributed by atoms with Crippen LogP contribution in [0.2, 0.25) is 0 Å². The molecule has 7 heteroatoms. The molecule has 108 valence electrons. The zero-order valence-corrected chi connectivity index (χ0v) is 10.3. The van der Waals surface area contributed by atoms with Crippen LogP contribution in [0.1, 0.15) is 5.56 Å². The molecule has 1 N–H and O–H groups in total.